The van der Waals surface area contributed by atoms with Gasteiger partial charge in [-0.3, -0.25) is 4.79 Å². The van der Waals surface area contributed by atoms with Crippen LogP contribution in [-0.2, 0) is 14.8 Å². The molecule has 1 N–H and O–H groups in total. The summed E-state index contributed by atoms with van der Waals surface area (Å²) in [5.74, 6) is 0.910. The minimum absolute atomic E-state index is 0.0331. The molecule has 0 aromatic heterocycles. The average Bonchev–Trinajstić information content (AvgIpc) is 3.11. The molecule has 0 bridgehead atoms. The lowest BCUT2D eigenvalue weighted by Gasteiger charge is -2.30. The van der Waals surface area contributed by atoms with Crippen LogP contribution in [0.4, 0.5) is 5.69 Å². The van der Waals surface area contributed by atoms with Gasteiger partial charge in [0.1, 0.15) is 5.75 Å². The largest absolute Gasteiger partial charge is 0.482 e. The van der Waals surface area contributed by atoms with E-state index in [4.69, 9.17) is 4.74 Å². The van der Waals surface area contributed by atoms with Crippen molar-refractivity contribution in [3.05, 3.63) is 18.2 Å². The SMILES string of the molecule is O=C1COc2ccc(S(=O)(=O)N3CCCC3CC3CCCCC3)cc2N1. The van der Waals surface area contributed by atoms with Gasteiger partial charge in [0.05, 0.1) is 10.6 Å². The van der Waals surface area contributed by atoms with Crippen molar-refractivity contribution in [3.63, 3.8) is 0 Å². The molecule has 0 radical (unpaired) electrons. The van der Waals surface area contributed by atoms with Crippen LogP contribution in [0.5, 0.6) is 5.75 Å². The summed E-state index contributed by atoms with van der Waals surface area (Å²) in [6.45, 7) is 0.550. The van der Waals surface area contributed by atoms with Crippen LogP contribution in [0.15, 0.2) is 23.1 Å². The quantitative estimate of drug-likeness (QED) is 0.873. The minimum atomic E-state index is -3.56. The molecule has 1 atom stereocenters. The van der Waals surface area contributed by atoms with Crippen molar-refractivity contribution in [2.75, 3.05) is 18.5 Å². The van der Waals surface area contributed by atoms with Crippen LogP contribution in [0.3, 0.4) is 0 Å². The summed E-state index contributed by atoms with van der Waals surface area (Å²) in [5.41, 5.74) is 0.436. The van der Waals surface area contributed by atoms with Crippen molar-refractivity contribution < 1.29 is 17.9 Å². The van der Waals surface area contributed by atoms with Gasteiger partial charge in [-0.25, -0.2) is 8.42 Å². The van der Waals surface area contributed by atoms with Gasteiger partial charge in [0, 0.05) is 12.6 Å². The summed E-state index contributed by atoms with van der Waals surface area (Å²) in [6, 6.07) is 4.85. The van der Waals surface area contributed by atoms with Gasteiger partial charge in [-0.1, -0.05) is 32.1 Å². The normalized spacial score (nSPS) is 24.8. The topological polar surface area (TPSA) is 75.7 Å². The van der Waals surface area contributed by atoms with Crippen molar-refractivity contribution in [1.29, 1.82) is 0 Å². The Hall–Kier alpha value is -1.60. The molecule has 26 heavy (non-hydrogen) atoms. The standard InChI is InChI=1S/C19H26N2O4S/c22-19-13-25-18-9-8-16(12-17(18)20-19)26(23,24)21-10-4-7-15(21)11-14-5-2-1-3-6-14/h8-9,12,14-15H,1-7,10-11,13H2,(H,20,22). The number of nitrogens with zero attached hydrogens (tertiary/aromatic N) is 1. The van der Waals surface area contributed by atoms with E-state index in [2.05, 4.69) is 5.32 Å². The van der Waals surface area contributed by atoms with Gasteiger partial charge in [0.25, 0.3) is 5.91 Å². The molecule has 2 heterocycles. The Labute approximate surface area is 155 Å². The Morgan fingerprint density at radius 2 is 1.92 bits per heavy atom. The number of rotatable bonds is 4. The summed E-state index contributed by atoms with van der Waals surface area (Å²) in [5, 5.41) is 2.69. The van der Waals surface area contributed by atoms with Gasteiger partial charge in [-0.15, -0.1) is 0 Å². The van der Waals surface area contributed by atoms with Gasteiger partial charge < -0.3 is 10.1 Å². The van der Waals surface area contributed by atoms with Crippen LogP contribution in [0.2, 0.25) is 0 Å². The highest BCUT2D eigenvalue weighted by Crippen LogP contribution is 2.36. The summed E-state index contributed by atoms with van der Waals surface area (Å²) >= 11 is 0. The number of anilines is 1. The molecule has 2 fully saturated rings. The second-order valence-corrected chi connectivity index (χ2v) is 9.54. The molecular weight excluding hydrogens is 352 g/mol. The van der Waals surface area contributed by atoms with E-state index in [1.54, 1.807) is 16.4 Å². The summed E-state index contributed by atoms with van der Waals surface area (Å²) in [4.78, 5) is 11.8. The first-order valence-electron chi connectivity index (χ1n) is 9.62. The average molecular weight is 378 g/mol. The van der Waals surface area contributed by atoms with Crippen LogP contribution >= 0.6 is 0 Å². The van der Waals surface area contributed by atoms with Crippen LogP contribution in [0.1, 0.15) is 51.4 Å². The van der Waals surface area contributed by atoms with E-state index in [0.717, 1.165) is 19.3 Å². The lowest BCUT2D eigenvalue weighted by molar-refractivity contribution is -0.118. The molecule has 1 amide bonds. The summed E-state index contributed by atoms with van der Waals surface area (Å²) in [7, 11) is -3.56. The second-order valence-electron chi connectivity index (χ2n) is 7.65. The van der Waals surface area contributed by atoms with E-state index in [1.807, 2.05) is 0 Å². The van der Waals surface area contributed by atoms with E-state index >= 15 is 0 Å². The fraction of sp³-hybridized carbons (Fsp3) is 0.632. The molecule has 0 spiro atoms. The van der Waals surface area contributed by atoms with Crippen molar-refractivity contribution in [2.45, 2.75) is 62.3 Å². The highest BCUT2D eigenvalue weighted by atomic mass is 32.2. The smallest absolute Gasteiger partial charge is 0.262 e. The van der Waals surface area contributed by atoms with E-state index in [9.17, 15) is 13.2 Å². The second kappa shape index (κ2) is 7.19. The molecular formula is C19H26N2O4S. The number of carbonyl (C=O) groups excluding carboxylic acids is 1. The molecule has 1 saturated heterocycles. The third-order valence-electron chi connectivity index (χ3n) is 5.84. The Bertz CT molecular complexity index is 787. The predicted octanol–water partition coefficient (Wildman–Crippen LogP) is 3.14. The Kier molecular flexibility index (Phi) is 4.92. The maximum absolute atomic E-state index is 13.2. The lowest BCUT2D eigenvalue weighted by Crippen LogP contribution is -2.37. The molecule has 6 nitrogen and oxygen atoms in total. The van der Waals surface area contributed by atoms with E-state index in [1.165, 1.54) is 38.2 Å². The van der Waals surface area contributed by atoms with Crippen molar-refractivity contribution >= 4 is 21.6 Å². The van der Waals surface area contributed by atoms with Crippen molar-refractivity contribution in [3.8, 4) is 5.75 Å². The fourth-order valence-corrected chi connectivity index (χ4v) is 6.26. The number of hydrogen-bond donors (Lipinski definition) is 1. The van der Waals surface area contributed by atoms with E-state index in [-0.39, 0.29) is 23.5 Å². The van der Waals surface area contributed by atoms with Gasteiger partial charge in [-0.05, 0) is 43.4 Å². The number of sulfonamides is 1. The molecule has 1 aliphatic carbocycles. The number of carbonyl (C=O) groups is 1. The first-order chi connectivity index (χ1) is 12.5. The van der Waals surface area contributed by atoms with Crippen molar-refractivity contribution in [2.24, 2.45) is 5.92 Å². The van der Waals surface area contributed by atoms with E-state index in [0.29, 0.717) is 23.9 Å². The highest BCUT2D eigenvalue weighted by molar-refractivity contribution is 7.89. The molecule has 142 valence electrons. The van der Waals surface area contributed by atoms with Gasteiger partial charge in [0.2, 0.25) is 10.0 Å². The number of ether oxygens (including phenoxy) is 1. The first-order valence-corrected chi connectivity index (χ1v) is 11.1. The molecule has 1 unspecified atom stereocenters. The van der Waals surface area contributed by atoms with Crippen molar-refractivity contribution in [1.82, 2.24) is 4.31 Å². The number of amides is 1. The zero-order chi connectivity index (χ0) is 18.1. The molecule has 2 aliphatic heterocycles. The summed E-state index contributed by atoms with van der Waals surface area (Å²) in [6.07, 6.45) is 9.15. The molecule has 7 heteroatoms. The van der Waals surface area contributed by atoms with Crippen LogP contribution in [-0.4, -0.2) is 37.8 Å². The molecule has 4 rings (SSSR count). The Balaban J connectivity index is 1.55. The van der Waals surface area contributed by atoms with Gasteiger partial charge in [0.15, 0.2) is 6.61 Å². The fourth-order valence-electron chi connectivity index (χ4n) is 4.53. The molecule has 1 saturated carbocycles. The first kappa shape index (κ1) is 17.8. The maximum Gasteiger partial charge on any atom is 0.262 e. The number of fused-ring (bicyclic) bond motifs is 1. The van der Waals surface area contributed by atoms with Crippen LogP contribution in [0, 0.1) is 5.92 Å². The number of hydrogen-bond acceptors (Lipinski definition) is 4. The lowest BCUT2D eigenvalue weighted by atomic mass is 9.84. The van der Waals surface area contributed by atoms with Crippen LogP contribution < -0.4 is 10.1 Å². The molecule has 1 aromatic carbocycles. The highest BCUT2D eigenvalue weighted by Gasteiger charge is 2.37. The van der Waals surface area contributed by atoms with Gasteiger partial charge >= 0.3 is 0 Å². The molecule has 3 aliphatic rings. The van der Waals surface area contributed by atoms with Gasteiger partial charge in [-0.2, -0.15) is 4.31 Å². The van der Waals surface area contributed by atoms with E-state index < -0.39 is 10.0 Å². The Morgan fingerprint density at radius 3 is 2.73 bits per heavy atom. The van der Waals surface area contributed by atoms with Crippen LogP contribution in [0.25, 0.3) is 0 Å². The third kappa shape index (κ3) is 3.47. The summed E-state index contributed by atoms with van der Waals surface area (Å²) < 4.78 is 33.5. The monoisotopic (exact) mass is 378 g/mol. The maximum atomic E-state index is 13.2. The zero-order valence-corrected chi connectivity index (χ0v) is 15.8. The predicted molar refractivity (Wildman–Crippen MR) is 98.7 cm³/mol. The zero-order valence-electron chi connectivity index (χ0n) is 14.9. The number of nitrogens with one attached hydrogen (secondary N) is 1. The number of benzene rings is 1. The Morgan fingerprint density at radius 1 is 1.12 bits per heavy atom. The minimum Gasteiger partial charge on any atom is -0.482 e. The third-order valence-corrected chi connectivity index (χ3v) is 7.79. The molecule has 1 aromatic rings.